The summed E-state index contributed by atoms with van der Waals surface area (Å²) in [5.74, 6) is 6.24. The number of nitrogens with one attached hydrogen (secondary N) is 2. The van der Waals surface area contributed by atoms with Gasteiger partial charge >= 0.3 is 0 Å². The number of aromatic nitrogens is 2. The lowest BCUT2D eigenvalue weighted by Gasteiger charge is -2.24. The molecule has 116 valence electrons. The fourth-order valence-electron chi connectivity index (χ4n) is 2.65. The summed E-state index contributed by atoms with van der Waals surface area (Å²) in [5.41, 5.74) is 1.17. The molecule has 0 bridgehead atoms. The van der Waals surface area contributed by atoms with Gasteiger partial charge in [0.15, 0.2) is 0 Å². The SMILES string of the molecule is CCCNc1nc(C2CC2)nc(NC2CCSCC2)c1C. The molecule has 1 aromatic heterocycles. The van der Waals surface area contributed by atoms with E-state index in [0.717, 1.165) is 30.4 Å². The Labute approximate surface area is 131 Å². The molecule has 2 fully saturated rings. The number of rotatable bonds is 6. The number of hydrogen-bond donors (Lipinski definition) is 2. The summed E-state index contributed by atoms with van der Waals surface area (Å²) in [7, 11) is 0. The second-order valence-electron chi connectivity index (χ2n) is 6.14. The lowest BCUT2D eigenvalue weighted by molar-refractivity contribution is 0.661. The molecule has 1 aliphatic heterocycles. The molecule has 1 aliphatic carbocycles. The Hall–Kier alpha value is -0.970. The van der Waals surface area contributed by atoms with Gasteiger partial charge in [0, 0.05) is 24.1 Å². The second kappa shape index (κ2) is 6.86. The molecular weight excluding hydrogens is 280 g/mol. The maximum Gasteiger partial charge on any atom is 0.136 e. The molecule has 2 N–H and O–H groups in total. The van der Waals surface area contributed by atoms with Gasteiger partial charge in [-0.25, -0.2) is 9.97 Å². The zero-order valence-corrected chi connectivity index (χ0v) is 13.9. The molecule has 0 unspecified atom stereocenters. The molecule has 1 saturated heterocycles. The molecule has 0 aromatic carbocycles. The minimum Gasteiger partial charge on any atom is -0.370 e. The average Bonchev–Trinajstić information content (AvgIpc) is 3.34. The Bertz CT molecular complexity index is 481. The summed E-state index contributed by atoms with van der Waals surface area (Å²) in [6.07, 6.45) is 6.09. The Balaban J connectivity index is 1.80. The van der Waals surface area contributed by atoms with Gasteiger partial charge in [-0.3, -0.25) is 0 Å². The molecule has 1 saturated carbocycles. The van der Waals surface area contributed by atoms with Crippen LogP contribution in [0.4, 0.5) is 11.6 Å². The molecule has 4 nitrogen and oxygen atoms in total. The third-order valence-electron chi connectivity index (χ3n) is 4.21. The van der Waals surface area contributed by atoms with E-state index in [0.29, 0.717) is 12.0 Å². The summed E-state index contributed by atoms with van der Waals surface area (Å²) in [5, 5.41) is 7.15. The van der Waals surface area contributed by atoms with Crippen molar-refractivity contribution < 1.29 is 0 Å². The van der Waals surface area contributed by atoms with Crippen molar-refractivity contribution >= 4 is 23.4 Å². The van der Waals surface area contributed by atoms with E-state index in [1.54, 1.807) is 0 Å². The molecule has 2 aliphatic rings. The second-order valence-corrected chi connectivity index (χ2v) is 7.36. The topological polar surface area (TPSA) is 49.8 Å². The van der Waals surface area contributed by atoms with Crippen molar-refractivity contribution in [3.8, 4) is 0 Å². The van der Waals surface area contributed by atoms with Gasteiger partial charge in [-0.05, 0) is 50.5 Å². The molecule has 21 heavy (non-hydrogen) atoms. The highest BCUT2D eigenvalue weighted by Crippen LogP contribution is 2.39. The molecule has 0 amide bonds. The summed E-state index contributed by atoms with van der Waals surface area (Å²) in [6, 6.07) is 0.575. The van der Waals surface area contributed by atoms with Crippen LogP contribution in [0.1, 0.15) is 56.3 Å². The lowest BCUT2D eigenvalue weighted by atomic mass is 10.1. The first-order valence-electron chi connectivity index (χ1n) is 8.24. The van der Waals surface area contributed by atoms with Crippen molar-refractivity contribution in [2.45, 2.75) is 57.9 Å². The summed E-state index contributed by atoms with van der Waals surface area (Å²) >= 11 is 2.06. The molecule has 3 rings (SSSR count). The first-order valence-corrected chi connectivity index (χ1v) is 9.40. The quantitative estimate of drug-likeness (QED) is 0.837. The molecule has 0 atom stereocenters. The van der Waals surface area contributed by atoms with E-state index >= 15 is 0 Å². The van der Waals surface area contributed by atoms with Gasteiger partial charge in [-0.2, -0.15) is 11.8 Å². The average molecular weight is 306 g/mol. The van der Waals surface area contributed by atoms with Gasteiger partial charge in [-0.15, -0.1) is 0 Å². The standard InChI is InChI=1S/C16H26N4S/c1-3-8-17-14-11(2)15(18-13-6-9-21-10-7-13)20-16(19-14)12-4-5-12/h12-13H,3-10H2,1-2H3,(H2,17,18,19,20). The molecule has 2 heterocycles. The fraction of sp³-hybridized carbons (Fsp3) is 0.750. The number of thioether (sulfide) groups is 1. The van der Waals surface area contributed by atoms with Crippen molar-refractivity contribution in [3.05, 3.63) is 11.4 Å². The monoisotopic (exact) mass is 306 g/mol. The summed E-state index contributed by atoms with van der Waals surface area (Å²) < 4.78 is 0. The summed E-state index contributed by atoms with van der Waals surface area (Å²) in [4.78, 5) is 9.59. The van der Waals surface area contributed by atoms with Gasteiger partial charge in [0.25, 0.3) is 0 Å². The maximum absolute atomic E-state index is 4.83. The van der Waals surface area contributed by atoms with E-state index in [2.05, 4.69) is 36.2 Å². The number of hydrogen-bond acceptors (Lipinski definition) is 5. The number of anilines is 2. The zero-order chi connectivity index (χ0) is 14.7. The number of nitrogens with zero attached hydrogens (tertiary/aromatic N) is 2. The predicted octanol–water partition coefficient (Wildman–Crippen LogP) is 3.79. The Morgan fingerprint density at radius 1 is 1.10 bits per heavy atom. The molecule has 5 heteroatoms. The predicted molar refractivity (Wildman–Crippen MR) is 91.5 cm³/mol. The first kappa shape index (κ1) is 14.9. The minimum absolute atomic E-state index is 0.575. The first-order chi connectivity index (χ1) is 10.3. The van der Waals surface area contributed by atoms with Crippen LogP contribution in [0, 0.1) is 6.92 Å². The lowest BCUT2D eigenvalue weighted by Crippen LogP contribution is -2.26. The van der Waals surface area contributed by atoms with Crippen molar-refractivity contribution in [2.75, 3.05) is 28.7 Å². The summed E-state index contributed by atoms with van der Waals surface area (Å²) in [6.45, 7) is 5.29. The van der Waals surface area contributed by atoms with Crippen molar-refractivity contribution in [1.82, 2.24) is 9.97 Å². The maximum atomic E-state index is 4.83. The van der Waals surface area contributed by atoms with Gasteiger partial charge < -0.3 is 10.6 Å². The van der Waals surface area contributed by atoms with Crippen LogP contribution in [-0.2, 0) is 0 Å². The van der Waals surface area contributed by atoms with Gasteiger partial charge in [-0.1, -0.05) is 6.92 Å². The highest BCUT2D eigenvalue weighted by Gasteiger charge is 2.28. The Morgan fingerprint density at radius 3 is 2.48 bits per heavy atom. The van der Waals surface area contributed by atoms with Gasteiger partial charge in [0.05, 0.1) is 0 Å². The van der Waals surface area contributed by atoms with E-state index in [1.165, 1.54) is 42.8 Å². The zero-order valence-electron chi connectivity index (χ0n) is 13.1. The molecular formula is C16H26N4S. The van der Waals surface area contributed by atoms with Crippen molar-refractivity contribution in [3.63, 3.8) is 0 Å². The van der Waals surface area contributed by atoms with Crippen LogP contribution in [0.3, 0.4) is 0 Å². The third kappa shape index (κ3) is 3.82. The highest BCUT2D eigenvalue weighted by molar-refractivity contribution is 7.99. The van der Waals surface area contributed by atoms with Crippen LogP contribution in [0.25, 0.3) is 0 Å². The Kier molecular flexibility index (Phi) is 4.88. The molecule has 0 radical (unpaired) electrons. The van der Waals surface area contributed by atoms with Crippen molar-refractivity contribution in [1.29, 1.82) is 0 Å². The van der Waals surface area contributed by atoms with Crippen LogP contribution in [0.5, 0.6) is 0 Å². The van der Waals surface area contributed by atoms with Crippen LogP contribution in [0.15, 0.2) is 0 Å². The van der Waals surface area contributed by atoms with Crippen LogP contribution in [-0.4, -0.2) is 34.1 Å². The van der Waals surface area contributed by atoms with Gasteiger partial charge in [0.2, 0.25) is 0 Å². The van der Waals surface area contributed by atoms with E-state index < -0.39 is 0 Å². The van der Waals surface area contributed by atoms with Crippen LogP contribution in [0.2, 0.25) is 0 Å². The molecule has 1 aromatic rings. The third-order valence-corrected chi connectivity index (χ3v) is 5.26. The van der Waals surface area contributed by atoms with Gasteiger partial charge in [0.1, 0.15) is 17.5 Å². The smallest absolute Gasteiger partial charge is 0.136 e. The van der Waals surface area contributed by atoms with E-state index in [-0.39, 0.29) is 0 Å². The Morgan fingerprint density at radius 2 is 1.81 bits per heavy atom. The highest BCUT2D eigenvalue weighted by atomic mass is 32.2. The van der Waals surface area contributed by atoms with Crippen LogP contribution >= 0.6 is 11.8 Å². The van der Waals surface area contributed by atoms with E-state index in [4.69, 9.17) is 9.97 Å². The van der Waals surface area contributed by atoms with E-state index in [1.807, 2.05) is 0 Å². The van der Waals surface area contributed by atoms with Crippen LogP contribution < -0.4 is 10.6 Å². The minimum atomic E-state index is 0.575. The van der Waals surface area contributed by atoms with Crippen molar-refractivity contribution in [2.24, 2.45) is 0 Å². The largest absolute Gasteiger partial charge is 0.370 e. The molecule has 0 spiro atoms. The van der Waals surface area contributed by atoms with E-state index in [9.17, 15) is 0 Å². The fourth-order valence-corrected chi connectivity index (χ4v) is 3.76. The normalized spacial score (nSPS) is 19.5.